The third kappa shape index (κ3) is 5.51. The monoisotopic (exact) mass is 597 g/mol. The van der Waals surface area contributed by atoms with Crippen molar-refractivity contribution in [2.45, 2.75) is 72.8 Å². The van der Waals surface area contributed by atoms with Crippen LogP contribution < -0.4 is 14.2 Å². The summed E-state index contributed by atoms with van der Waals surface area (Å²) in [4.78, 5) is 27.4. The Bertz CT molecular complexity index is 1630. The van der Waals surface area contributed by atoms with E-state index in [0.717, 1.165) is 16.8 Å². The molecule has 0 spiro atoms. The van der Waals surface area contributed by atoms with Crippen molar-refractivity contribution in [1.29, 1.82) is 0 Å². The number of carbonyl (C=O) groups is 2. The molecule has 44 heavy (non-hydrogen) atoms. The largest absolute Gasteiger partial charge is 0.493 e. The molecule has 3 aliphatic rings. The molecule has 0 saturated carbocycles. The van der Waals surface area contributed by atoms with E-state index in [0.29, 0.717) is 71.3 Å². The van der Waals surface area contributed by atoms with Gasteiger partial charge in [0.05, 0.1) is 26.1 Å². The molecule has 0 saturated heterocycles. The van der Waals surface area contributed by atoms with E-state index in [1.54, 1.807) is 18.9 Å². The lowest BCUT2D eigenvalue weighted by Crippen LogP contribution is -2.37. The number of aryl methyl sites for hydroxylation is 1. The van der Waals surface area contributed by atoms with Gasteiger partial charge in [0.25, 0.3) is 0 Å². The van der Waals surface area contributed by atoms with Crippen LogP contribution in [-0.2, 0) is 20.9 Å². The predicted molar refractivity (Wildman–Crippen MR) is 164 cm³/mol. The highest BCUT2D eigenvalue weighted by molar-refractivity contribution is 6.06. The van der Waals surface area contributed by atoms with Gasteiger partial charge in [-0.1, -0.05) is 50.6 Å². The van der Waals surface area contributed by atoms with E-state index in [2.05, 4.69) is 38.0 Å². The molecule has 0 unspecified atom stereocenters. The predicted octanol–water partition coefficient (Wildman–Crippen LogP) is 6.57. The molecule has 2 heterocycles. The van der Waals surface area contributed by atoms with Gasteiger partial charge in [-0.3, -0.25) is 9.59 Å². The number of allylic oxidation sites excluding steroid dienone is 4. The minimum atomic E-state index is -0.577. The fourth-order valence-corrected chi connectivity index (χ4v) is 6.55. The smallest absolute Gasteiger partial charge is 0.203 e. The molecule has 3 aromatic rings. The summed E-state index contributed by atoms with van der Waals surface area (Å²) < 4.78 is 26.0. The molecule has 6 rings (SSSR count). The van der Waals surface area contributed by atoms with Crippen LogP contribution in [0, 0.1) is 17.8 Å². The second kappa shape index (κ2) is 10.9. The summed E-state index contributed by atoms with van der Waals surface area (Å²) in [7, 11) is 3.11. The van der Waals surface area contributed by atoms with E-state index in [-0.39, 0.29) is 29.0 Å². The molecule has 2 aromatic carbocycles. The highest BCUT2D eigenvalue weighted by atomic mass is 16.5. The first-order valence-corrected chi connectivity index (χ1v) is 15.0. The first-order valence-electron chi connectivity index (χ1n) is 15.0. The lowest BCUT2D eigenvalue weighted by molar-refractivity contribution is -0.120. The van der Waals surface area contributed by atoms with E-state index in [4.69, 9.17) is 18.9 Å². The van der Waals surface area contributed by atoms with E-state index in [1.165, 1.54) is 0 Å². The van der Waals surface area contributed by atoms with Crippen molar-refractivity contribution >= 4 is 11.6 Å². The summed E-state index contributed by atoms with van der Waals surface area (Å²) in [6.45, 7) is 10.5. The summed E-state index contributed by atoms with van der Waals surface area (Å²) in [6, 6.07) is 11.7. The quantitative estimate of drug-likeness (QED) is 0.301. The normalized spacial score (nSPS) is 19.3. The molecule has 230 valence electrons. The third-order valence-corrected chi connectivity index (χ3v) is 8.60. The van der Waals surface area contributed by atoms with Gasteiger partial charge < -0.3 is 18.9 Å². The van der Waals surface area contributed by atoms with Gasteiger partial charge in [-0.05, 0) is 47.6 Å². The van der Waals surface area contributed by atoms with E-state index >= 15 is 0 Å². The van der Waals surface area contributed by atoms with Gasteiger partial charge in [0, 0.05) is 42.7 Å². The number of rotatable bonds is 7. The molecule has 0 atom stereocenters. The summed E-state index contributed by atoms with van der Waals surface area (Å²) in [5.74, 6) is 1.99. The number of nitrogens with zero attached hydrogens (tertiary/aromatic N) is 3. The molecular weight excluding hydrogens is 558 g/mol. The zero-order valence-corrected chi connectivity index (χ0v) is 26.4. The lowest BCUT2D eigenvalue weighted by Gasteiger charge is -2.42. The maximum Gasteiger partial charge on any atom is 0.203 e. The summed E-state index contributed by atoms with van der Waals surface area (Å²) in [6.07, 6.45) is 3.82. The topological polar surface area (TPSA) is 102 Å². The zero-order valence-electron chi connectivity index (χ0n) is 26.4. The van der Waals surface area contributed by atoms with Crippen LogP contribution in [0.2, 0.25) is 0 Å². The standard InChI is InChI=1S/C35H39N3O6/c1-20-8-10-23(11-9-20)38-18-22(36-37-38)19-43-33-26(41-6)12-21(13-27(33)42-7)30-31-24(39)14-34(2,3)16-28(31)44-29-17-35(4,5)15-25(40)32(29)30/h8-13,18,30H,14-17,19H2,1-7H3. The molecule has 9 heteroatoms. The van der Waals surface area contributed by atoms with Crippen molar-refractivity contribution in [1.82, 2.24) is 15.0 Å². The van der Waals surface area contributed by atoms with Crippen LogP contribution >= 0.6 is 0 Å². The van der Waals surface area contributed by atoms with Crippen molar-refractivity contribution < 1.29 is 28.5 Å². The molecule has 1 aromatic heterocycles. The van der Waals surface area contributed by atoms with Gasteiger partial charge in [-0.15, -0.1) is 5.10 Å². The molecule has 0 N–H and O–H groups in total. The first kappa shape index (κ1) is 29.7. The number of benzene rings is 2. The van der Waals surface area contributed by atoms with Crippen LogP contribution in [0.4, 0.5) is 0 Å². The highest BCUT2D eigenvalue weighted by Gasteiger charge is 2.48. The molecule has 0 amide bonds. The molecule has 1 aliphatic heterocycles. The Kier molecular flexibility index (Phi) is 7.38. The van der Waals surface area contributed by atoms with Gasteiger partial charge in [-0.2, -0.15) is 0 Å². The Morgan fingerprint density at radius 2 is 1.41 bits per heavy atom. The Hall–Kier alpha value is -4.40. The molecule has 0 bridgehead atoms. The zero-order chi connectivity index (χ0) is 31.4. The van der Waals surface area contributed by atoms with E-state index in [1.807, 2.05) is 49.5 Å². The summed E-state index contributed by atoms with van der Waals surface area (Å²) >= 11 is 0. The molecule has 0 fully saturated rings. The van der Waals surface area contributed by atoms with Gasteiger partial charge in [0.1, 0.15) is 23.8 Å². The molecular formula is C35H39N3O6. The fourth-order valence-electron chi connectivity index (χ4n) is 6.55. The van der Waals surface area contributed by atoms with Gasteiger partial charge in [-0.25, -0.2) is 4.68 Å². The SMILES string of the molecule is COc1cc(C2C3=C(CC(C)(C)CC3=O)OC3=C2C(=O)CC(C)(C)C3)cc(OC)c1OCc1cn(-c2ccc(C)cc2)nn1. The number of ketones is 2. The van der Waals surface area contributed by atoms with Crippen LogP contribution in [0.1, 0.15) is 76.1 Å². The maximum atomic E-state index is 13.7. The van der Waals surface area contributed by atoms with Crippen LogP contribution in [0.3, 0.4) is 0 Å². The number of Topliss-reactive ketones (excluding diaryl/α,β-unsaturated/α-hetero) is 2. The minimum Gasteiger partial charge on any atom is -0.493 e. The minimum absolute atomic E-state index is 0.000330. The lowest BCUT2D eigenvalue weighted by atomic mass is 9.65. The van der Waals surface area contributed by atoms with Crippen molar-refractivity contribution in [3.63, 3.8) is 0 Å². The molecule has 0 radical (unpaired) electrons. The fraction of sp³-hybridized carbons (Fsp3) is 0.429. The molecule has 9 nitrogen and oxygen atoms in total. The van der Waals surface area contributed by atoms with Gasteiger partial charge in [0.2, 0.25) is 5.75 Å². The Morgan fingerprint density at radius 1 is 0.864 bits per heavy atom. The number of aromatic nitrogens is 3. The number of ether oxygens (including phenoxy) is 4. The Balaban J connectivity index is 1.37. The number of hydrogen-bond donors (Lipinski definition) is 0. The number of methoxy groups -OCH3 is 2. The Labute approximate surface area is 257 Å². The van der Waals surface area contributed by atoms with E-state index < -0.39 is 5.92 Å². The number of hydrogen-bond acceptors (Lipinski definition) is 8. The maximum absolute atomic E-state index is 13.7. The van der Waals surface area contributed by atoms with Crippen LogP contribution in [0.5, 0.6) is 17.2 Å². The second-order valence-corrected chi connectivity index (χ2v) is 13.6. The van der Waals surface area contributed by atoms with Crippen LogP contribution in [0.15, 0.2) is 65.3 Å². The van der Waals surface area contributed by atoms with Crippen molar-refractivity contribution in [2.24, 2.45) is 10.8 Å². The van der Waals surface area contributed by atoms with Crippen LogP contribution in [0.25, 0.3) is 5.69 Å². The average Bonchev–Trinajstić information content (AvgIpc) is 3.42. The van der Waals surface area contributed by atoms with Crippen molar-refractivity contribution in [3.05, 3.63) is 82.1 Å². The first-order chi connectivity index (χ1) is 20.9. The number of carbonyl (C=O) groups excluding carboxylic acids is 2. The van der Waals surface area contributed by atoms with E-state index in [9.17, 15) is 9.59 Å². The molecule has 2 aliphatic carbocycles. The van der Waals surface area contributed by atoms with Crippen LogP contribution in [-0.4, -0.2) is 40.8 Å². The highest BCUT2D eigenvalue weighted by Crippen LogP contribution is 2.54. The Morgan fingerprint density at radius 3 is 1.93 bits per heavy atom. The van der Waals surface area contributed by atoms with Crippen molar-refractivity contribution in [3.8, 4) is 22.9 Å². The van der Waals surface area contributed by atoms with Gasteiger partial charge >= 0.3 is 0 Å². The summed E-state index contributed by atoms with van der Waals surface area (Å²) in [5, 5.41) is 8.51. The third-order valence-electron chi connectivity index (χ3n) is 8.60. The average molecular weight is 598 g/mol. The second-order valence-electron chi connectivity index (χ2n) is 13.6. The van der Waals surface area contributed by atoms with Gasteiger partial charge in [0.15, 0.2) is 23.1 Å². The summed E-state index contributed by atoms with van der Waals surface area (Å²) in [5.41, 5.74) is 4.05. The van der Waals surface area contributed by atoms with Crippen molar-refractivity contribution in [2.75, 3.05) is 14.2 Å².